The molecule has 0 fully saturated rings. The SMILES string of the molecule is COc1cccc(C(CSCC(C)C)NN)c1F. The molecule has 1 aromatic rings. The standard InChI is InChI=1S/C13H21FN2OS/c1-9(2)7-18-8-11(16-15)10-5-4-6-12(17-3)13(10)14/h4-6,9,11,16H,7-8,15H2,1-3H3. The van der Waals surface area contributed by atoms with Crippen molar-refractivity contribution in [3.63, 3.8) is 0 Å². The van der Waals surface area contributed by atoms with Gasteiger partial charge in [-0.25, -0.2) is 4.39 Å². The van der Waals surface area contributed by atoms with Gasteiger partial charge in [0.2, 0.25) is 0 Å². The van der Waals surface area contributed by atoms with Gasteiger partial charge in [-0.1, -0.05) is 26.0 Å². The molecule has 0 heterocycles. The number of thioether (sulfide) groups is 1. The zero-order valence-electron chi connectivity index (χ0n) is 11.1. The monoisotopic (exact) mass is 272 g/mol. The lowest BCUT2D eigenvalue weighted by molar-refractivity contribution is 0.381. The number of hydrogen-bond acceptors (Lipinski definition) is 4. The molecule has 1 rings (SSSR count). The molecular weight excluding hydrogens is 251 g/mol. The second-order valence-electron chi connectivity index (χ2n) is 4.51. The average Bonchev–Trinajstić information content (AvgIpc) is 2.35. The molecule has 1 unspecified atom stereocenters. The Morgan fingerprint density at radius 2 is 2.11 bits per heavy atom. The molecule has 5 heteroatoms. The van der Waals surface area contributed by atoms with Gasteiger partial charge in [0.1, 0.15) is 0 Å². The van der Waals surface area contributed by atoms with E-state index in [1.807, 2.05) is 0 Å². The highest BCUT2D eigenvalue weighted by Crippen LogP contribution is 2.27. The summed E-state index contributed by atoms with van der Waals surface area (Å²) in [6, 6.07) is 4.91. The Labute approximate surface area is 112 Å². The van der Waals surface area contributed by atoms with Crippen LogP contribution in [0.15, 0.2) is 18.2 Å². The lowest BCUT2D eigenvalue weighted by Gasteiger charge is -2.18. The van der Waals surface area contributed by atoms with Gasteiger partial charge in [0.05, 0.1) is 13.2 Å². The highest BCUT2D eigenvalue weighted by molar-refractivity contribution is 7.99. The van der Waals surface area contributed by atoms with Crippen LogP contribution in [0, 0.1) is 11.7 Å². The number of hydrogen-bond donors (Lipinski definition) is 2. The van der Waals surface area contributed by atoms with Crippen LogP contribution in [0.25, 0.3) is 0 Å². The van der Waals surface area contributed by atoms with Gasteiger partial charge in [-0.15, -0.1) is 0 Å². The number of nitrogens with two attached hydrogens (primary N) is 1. The maximum absolute atomic E-state index is 14.1. The van der Waals surface area contributed by atoms with Crippen LogP contribution in [-0.4, -0.2) is 18.6 Å². The van der Waals surface area contributed by atoms with Crippen molar-refractivity contribution in [3.05, 3.63) is 29.6 Å². The highest BCUT2D eigenvalue weighted by atomic mass is 32.2. The summed E-state index contributed by atoms with van der Waals surface area (Å²) < 4.78 is 19.0. The molecule has 18 heavy (non-hydrogen) atoms. The van der Waals surface area contributed by atoms with E-state index in [-0.39, 0.29) is 17.6 Å². The molecular formula is C13H21FN2OS. The molecule has 1 atom stereocenters. The normalized spacial score (nSPS) is 12.8. The van der Waals surface area contributed by atoms with Gasteiger partial charge in [0.15, 0.2) is 11.6 Å². The number of nitrogens with one attached hydrogen (secondary N) is 1. The van der Waals surface area contributed by atoms with E-state index in [1.165, 1.54) is 7.11 Å². The van der Waals surface area contributed by atoms with E-state index < -0.39 is 0 Å². The van der Waals surface area contributed by atoms with E-state index in [4.69, 9.17) is 10.6 Å². The van der Waals surface area contributed by atoms with Crippen LogP contribution >= 0.6 is 11.8 Å². The fourth-order valence-electron chi connectivity index (χ4n) is 1.60. The van der Waals surface area contributed by atoms with Crippen molar-refractivity contribution in [3.8, 4) is 5.75 Å². The summed E-state index contributed by atoms with van der Waals surface area (Å²) in [5, 5.41) is 0. The molecule has 0 aliphatic heterocycles. The van der Waals surface area contributed by atoms with Crippen LogP contribution in [0.3, 0.4) is 0 Å². The number of hydrazine groups is 1. The zero-order chi connectivity index (χ0) is 13.5. The lowest BCUT2D eigenvalue weighted by Crippen LogP contribution is -2.30. The third-order valence-corrected chi connectivity index (χ3v) is 4.00. The third-order valence-electron chi connectivity index (χ3n) is 2.53. The number of halogens is 1. The first-order chi connectivity index (χ1) is 8.60. The Morgan fingerprint density at radius 3 is 2.67 bits per heavy atom. The smallest absolute Gasteiger partial charge is 0.169 e. The van der Waals surface area contributed by atoms with Gasteiger partial charge in [-0.05, 0) is 17.7 Å². The summed E-state index contributed by atoms with van der Waals surface area (Å²) in [5.41, 5.74) is 3.22. The minimum Gasteiger partial charge on any atom is -0.494 e. The molecule has 3 nitrogen and oxygen atoms in total. The minimum atomic E-state index is -0.340. The van der Waals surface area contributed by atoms with Crippen LogP contribution in [0.2, 0.25) is 0 Å². The van der Waals surface area contributed by atoms with E-state index in [0.717, 1.165) is 11.5 Å². The van der Waals surface area contributed by atoms with Gasteiger partial charge in [-0.3, -0.25) is 11.3 Å². The fourth-order valence-corrected chi connectivity index (χ4v) is 2.72. The number of ether oxygens (including phenoxy) is 1. The third kappa shape index (κ3) is 4.15. The van der Waals surface area contributed by atoms with Gasteiger partial charge >= 0.3 is 0 Å². The molecule has 0 bridgehead atoms. The van der Waals surface area contributed by atoms with E-state index in [1.54, 1.807) is 30.0 Å². The zero-order valence-corrected chi connectivity index (χ0v) is 11.9. The van der Waals surface area contributed by atoms with Gasteiger partial charge < -0.3 is 4.74 Å². The molecule has 0 saturated carbocycles. The molecule has 102 valence electrons. The first-order valence-electron chi connectivity index (χ1n) is 5.96. The fraction of sp³-hybridized carbons (Fsp3) is 0.538. The van der Waals surface area contributed by atoms with Gasteiger partial charge in [0.25, 0.3) is 0 Å². The van der Waals surface area contributed by atoms with Gasteiger partial charge in [0, 0.05) is 11.3 Å². The quantitative estimate of drug-likeness (QED) is 0.592. The van der Waals surface area contributed by atoms with Crippen LogP contribution in [0.1, 0.15) is 25.5 Å². The first-order valence-corrected chi connectivity index (χ1v) is 7.11. The Balaban J connectivity index is 2.75. The summed E-state index contributed by atoms with van der Waals surface area (Å²) in [5.74, 6) is 7.80. The van der Waals surface area contributed by atoms with Crippen molar-refractivity contribution in [1.82, 2.24) is 5.43 Å². The Hall–Kier alpha value is -0.780. The summed E-state index contributed by atoms with van der Waals surface area (Å²) in [4.78, 5) is 0. The topological polar surface area (TPSA) is 47.3 Å². The van der Waals surface area contributed by atoms with Gasteiger partial charge in [-0.2, -0.15) is 11.8 Å². The van der Waals surface area contributed by atoms with Crippen molar-refractivity contribution >= 4 is 11.8 Å². The number of benzene rings is 1. The molecule has 0 spiro atoms. The van der Waals surface area contributed by atoms with E-state index >= 15 is 0 Å². The van der Waals surface area contributed by atoms with Crippen molar-refractivity contribution in [2.45, 2.75) is 19.9 Å². The Bertz CT molecular complexity index is 374. The summed E-state index contributed by atoms with van der Waals surface area (Å²) in [6.45, 7) is 4.31. The predicted octanol–water partition coefficient (Wildman–Crippen LogP) is 2.73. The largest absolute Gasteiger partial charge is 0.494 e. The molecule has 0 saturated heterocycles. The number of rotatable bonds is 7. The van der Waals surface area contributed by atoms with E-state index in [2.05, 4.69) is 19.3 Å². The molecule has 1 aromatic carbocycles. The maximum atomic E-state index is 14.1. The molecule has 3 N–H and O–H groups in total. The second-order valence-corrected chi connectivity index (χ2v) is 5.59. The Kier molecular flexibility index (Phi) is 6.46. The van der Waals surface area contributed by atoms with Crippen molar-refractivity contribution in [1.29, 1.82) is 0 Å². The van der Waals surface area contributed by atoms with Crippen LogP contribution < -0.4 is 16.0 Å². The highest BCUT2D eigenvalue weighted by Gasteiger charge is 2.17. The lowest BCUT2D eigenvalue weighted by atomic mass is 10.1. The molecule has 0 aliphatic carbocycles. The molecule has 0 aliphatic rings. The van der Waals surface area contributed by atoms with E-state index in [0.29, 0.717) is 11.5 Å². The van der Waals surface area contributed by atoms with Crippen molar-refractivity contribution < 1.29 is 9.13 Å². The van der Waals surface area contributed by atoms with Crippen molar-refractivity contribution in [2.24, 2.45) is 11.8 Å². The van der Waals surface area contributed by atoms with Crippen LogP contribution in [-0.2, 0) is 0 Å². The summed E-state index contributed by atoms with van der Waals surface area (Å²) >= 11 is 1.76. The molecule has 0 radical (unpaired) electrons. The summed E-state index contributed by atoms with van der Waals surface area (Å²) in [7, 11) is 1.46. The maximum Gasteiger partial charge on any atom is 0.169 e. The Morgan fingerprint density at radius 1 is 1.39 bits per heavy atom. The average molecular weight is 272 g/mol. The van der Waals surface area contributed by atoms with Crippen LogP contribution in [0.4, 0.5) is 4.39 Å². The second kappa shape index (κ2) is 7.61. The molecule has 0 aromatic heterocycles. The predicted molar refractivity (Wildman–Crippen MR) is 75.2 cm³/mol. The number of methoxy groups -OCH3 is 1. The van der Waals surface area contributed by atoms with E-state index in [9.17, 15) is 4.39 Å². The summed E-state index contributed by atoms with van der Waals surface area (Å²) in [6.07, 6.45) is 0. The van der Waals surface area contributed by atoms with Crippen molar-refractivity contribution in [2.75, 3.05) is 18.6 Å². The minimum absolute atomic E-state index is 0.205. The molecule has 0 amide bonds. The van der Waals surface area contributed by atoms with Crippen LogP contribution in [0.5, 0.6) is 5.75 Å². The first kappa shape index (κ1) is 15.3.